The fourth-order valence-corrected chi connectivity index (χ4v) is 0.934. The Hall–Kier alpha value is -0.650. The predicted molar refractivity (Wildman–Crippen MR) is 34.3 cm³/mol. The van der Waals surface area contributed by atoms with Gasteiger partial charge in [0.2, 0.25) is 0 Å². The quantitative estimate of drug-likeness (QED) is 0.265. The molecule has 1 unspecified atom stereocenters. The Kier molecular flexibility index (Phi) is 2.61. The van der Waals surface area contributed by atoms with E-state index in [-0.39, 0.29) is 11.9 Å². The molecule has 0 aromatic rings. The third-order valence-corrected chi connectivity index (χ3v) is 1.51. The maximum atomic E-state index is 10.7. The van der Waals surface area contributed by atoms with Gasteiger partial charge in [-0.05, 0) is 13.0 Å². The molecule has 1 amide bonds. The molecule has 4 N–H and O–H groups in total. The Morgan fingerprint density at radius 3 is 3.00 bits per heavy atom. The van der Waals surface area contributed by atoms with Crippen LogP contribution in [0.2, 0.25) is 0 Å². The molecule has 5 nitrogen and oxygen atoms in total. The fourth-order valence-electron chi connectivity index (χ4n) is 0.934. The van der Waals surface area contributed by atoms with Crippen molar-refractivity contribution in [2.45, 2.75) is 12.5 Å². The minimum absolute atomic E-state index is 0.244. The van der Waals surface area contributed by atoms with Gasteiger partial charge in [-0.2, -0.15) is 0 Å². The molecule has 0 aromatic carbocycles. The van der Waals surface area contributed by atoms with E-state index in [2.05, 4.69) is 10.6 Å². The summed E-state index contributed by atoms with van der Waals surface area (Å²) in [6, 6.07) is -0.244. The van der Waals surface area contributed by atoms with E-state index in [9.17, 15) is 4.79 Å². The van der Waals surface area contributed by atoms with E-state index in [0.717, 1.165) is 6.54 Å². The normalized spacial score (nSPS) is 25.9. The third kappa shape index (κ3) is 1.66. The largest absolute Gasteiger partial charge is 0.304 e. The van der Waals surface area contributed by atoms with Crippen LogP contribution in [0.25, 0.3) is 0 Å². The van der Waals surface area contributed by atoms with Crippen molar-refractivity contribution in [3.63, 3.8) is 0 Å². The molecule has 0 aliphatic carbocycles. The van der Waals surface area contributed by atoms with Crippen LogP contribution in [-0.4, -0.2) is 30.4 Å². The zero-order valence-corrected chi connectivity index (χ0v) is 5.55. The summed E-state index contributed by atoms with van der Waals surface area (Å²) in [5.74, 6) is -0.360. The van der Waals surface area contributed by atoms with Crippen LogP contribution in [-0.2, 0) is 4.79 Å². The lowest BCUT2D eigenvalue weighted by Crippen LogP contribution is -2.51. The van der Waals surface area contributed by atoms with Gasteiger partial charge in [-0.3, -0.25) is 15.3 Å². The van der Waals surface area contributed by atoms with Crippen molar-refractivity contribution in [1.82, 2.24) is 16.1 Å². The molecule has 0 spiro atoms. The number of amides is 1. The molecule has 1 fully saturated rings. The van der Waals surface area contributed by atoms with Gasteiger partial charge in [-0.25, -0.2) is 5.48 Å². The van der Waals surface area contributed by atoms with Gasteiger partial charge in [-0.15, -0.1) is 0 Å². The van der Waals surface area contributed by atoms with E-state index in [1.807, 2.05) is 0 Å². The van der Waals surface area contributed by atoms with Gasteiger partial charge in [0.25, 0.3) is 5.91 Å². The van der Waals surface area contributed by atoms with Crippen LogP contribution in [0.15, 0.2) is 0 Å². The average molecular weight is 145 g/mol. The molecular formula is C5H11N3O2. The number of rotatable bonds is 1. The summed E-state index contributed by atoms with van der Waals surface area (Å²) in [5.41, 5.74) is 1.61. The second-order valence-corrected chi connectivity index (χ2v) is 2.20. The minimum Gasteiger partial charge on any atom is -0.304 e. The summed E-state index contributed by atoms with van der Waals surface area (Å²) in [6.07, 6.45) is 0.715. The molecular weight excluding hydrogens is 134 g/mol. The van der Waals surface area contributed by atoms with Crippen LogP contribution in [0.4, 0.5) is 0 Å². The van der Waals surface area contributed by atoms with E-state index in [1.165, 1.54) is 0 Å². The molecule has 1 aliphatic heterocycles. The number of carbonyl (C=O) groups excluding carboxylic acids is 1. The van der Waals surface area contributed by atoms with Gasteiger partial charge in [0.05, 0.1) is 6.04 Å². The third-order valence-electron chi connectivity index (χ3n) is 1.51. The van der Waals surface area contributed by atoms with Gasteiger partial charge >= 0.3 is 0 Å². The van der Waals surface area contributed by atoms with Crippen LogP contribution < -0.4 is 16.1 Å². The Balaban J connectivity index is 2.31. The topological polar surface area (TPSA) is 73.4 Å². The van der Waals surface area contributed by atoms with Gasteiger partial charge < -0.3 is 5.32 Å². The summed E-state index contributed by atoms with van der Waals surface area (Å²) in [4.78, 5) is 10.7. The number of hydrogen-bond acceptors (Lipinski definition) is 4. The molecule has 10 heavy (non-hydrogen) atoms. The van der Waals surface area contributed by atoms with Crippen LogP contribution >= 0.6 is 0 Å². The summed E-state index contributed by atoms with van der Waals surface area (Å²) in [5, 5.41) is 14.1. The predicted octanol–water partition coefficient (Wildman–Crippen LogP) is -1.60. The fraction of sp³-hybridized carbons (Fsp3) is 0.800. The Morgan fingerprint density at radius 1 is 1.70 bits per heavy atom. The number of carbonyl (C=O) groups is 1. The van der Waals surface area contributed by atoms with Gasteiger partial charge in [0.1, 0.15) is 0 Å². The highest BCUT2D eigenvalue weighted by Crippen LogP contribution is 1.93. The molecule has 1 atom stereocenters. The van der Waals surface area contributed by atoms with Crippen molar-refractivity contribution in [2.75, 3.05) is 13.2 Å². The molecule has 0 bridgehead atoms. The lowest BCUT2D eigenvalue weighted by molar-refractivity contribution is -0.131. The molecule has 5 heteroatoms. The molecule has 0 radical (unpaired) electrons. The van der Waals surface area contributed by atoms with E-state index in [0.29, 0.717) is 13.1 Å². The van der Waals surface area contributed by atoms with Crippen LogP contribution in [0, 0.1) is 0 Å². The highest BCUT2D eigenvalue weighted by atomic mass is 16.5. The van der Waals surface area contributed by atoms with Crippen LogP contribution in [0.3, 0.4) is 0 Å². The monoisotopic (exact) mass is 145 g/mol. The maximum Gasteiger partial charge on any atom is 0.260 e. The summed E-state index contributed by atoms with van der Waals surface area (Å²) < 4.78 is 0. The summed E-state index contributed by atoms with van der Waals surface area (Å²) in [6.45, 7) is 1.43. The van der Waals surface area contributed by atoms with E-state index in [4.69, 9.17) is 5.21 Å². The second-order valence-electron chi connectivity index (χ2n) is 2.20. The zero-order chi connectivity index (χ0) is 7.40. The minimum atomic E-state index is -0.360. The lowest BCUT2D eigenvalue weighted by Gasteiger charge is -2.21. The van der Waals surface area contributed by atoms with Gasteiger partial charge in [0.15, 0.2) is 0 Å². The molecule has 1 saturated heterocycles. The summed E-state index contributed by atoms with van der Waals surface area (Å²) >= 11 is 0. The van der Waals surface area contributed by atoms with Gasteiger partial charge in [-0.1, -0.05) is 0 Å². The zero-order valence-electron chi connectivity index (χ0n) is 5.55. The molecule has 1 rings (SSSR count). The van der Waals surface area contributed by atoms with Crippen molar-refractivity contribution >= 4 is 5.91 Å². The Morgan fingerprint density at radius 2 is 2.50 bits per heavy atom. The Bertz CT molecular complexity index is 122. The maximum absolute atomic E-state index is 10.7. The van der Waals surface area contributed by atoms with Crippen molar-refractivity contribution in [3.05, 3.63) is 0 Å². The molecule has 1 aliphatic rings. The standard InChI is InChI=1S/C5H11N3O2/c9-5(8-10)4-1-2-6-3-7-4/h4,6-7,10H,1-3H2,(H,8,9). The number of hydroxylamine groups is 1. The first-order valence-corrected chi connectivity index (χ1v) is 3.22. The van der Waals surface area contributed by atoms with Crippen LogP contribution in [0.1, 0.15) is 6.42 Å². The SMILES string of the molecule is O=C(NO)C1CCNCN1. The molecule has 58 valence electrons. The second kappa shape index (κ2) is 3.50. The first kappa shape index (κ1) is 7.46. The first-order valence-electron chi connectivity index (χ1n) is 3.22. The van der Waals surface area contributed by atoms with Crippen molar-refractivity contribution < 1.29 is 10.0 Å². The lowest BCUT2D eigenvalue weighted by atomic mass is 10.2. The molecule has 0 aromatic heterocycles. The van der Waals surface area contributed by atoms with E-state index < -0.39 is 0 Å². The van der Waals surface area contributed by atoms with Crippen LogP contribution in [0.5, 0.6) is 0 Å². The smallest absolute Gasteiger partial charge is 0.260 e. The molecule has 1 heterocycles. The van der Waals surface area contributed by atoms with Crippen molar-refractivity contribution in [2.24, 2.45) is 0 Å². The van der Waals surface area contributed by atoms with E-state index in [1.54, 1.807) is 5.48 Å². The number of nitrogens with one attached hydrogen (secondary N) is 3. The molecule has 0 saturated carbocycles. The van der Waals surface area contributed by atoms with Crippen molar-refractivity contribution in [3.8, 4) is 0 Å². The van der Waals surface area contributed by atoms with Gasteiger partial charge in [0, 0.05) is 6.67 Å². The first-order chi connectivity index (χ1) is 4.84. The highest BCUT2D eigenvalue weighted by molar-refractivity contribution is 5.80. The average Bonchev–Trinajstić information content (AvgIpc) is 2.05. The number of hydrogen-bond donors (Lipinski definition) is 4. The highest BCUT2D eigenvalue weighted by Gasteiger charge is 2.18. The summed E-state index contributed by atoms with van der Waals surface area (Å²) in [7, 11) is 0. The van der Waals surface area contributed by atoms with Crippen molar-refractivity contribution in [1.29, 1.82) is 0 Å². The van der Waals surface area contributed by atoms with E-state index >= 15 is 0 Å². The Labute approximate surface area is 58.8 Å².